The average molecular weight is 239 g/mol. The molecule has 16 heavy (non-hydrogen) atoms. The van der Waals surface area contributed by atoms with Gasteiger partial charge in [0.1, 0.15) is 5.01 Å². The van der Waals surface area contributed by atoms with Gasteiger partial charge in [0, 0.05) is 11.9 Å². The lowest BCUT2D eigenvalue weighted by Gasteiger charge is -2.10. The Morgan fingerprint density at radius 3 is 2.88 bits per heavy atom. The average Bonchev–Trinajstić information content (AvgIpc) is 2.98. The molecule has 0 saturated heterocycles. The summed E-state index contributed by atoms with van der Waals surface area (Å²) in [7, 11) is 0. The van der Waals surface area contributed by atoms with E-state index in [0.29, 0.717) is 0 Å². The molecule has 1 heterocycles. The highest BCUT2D eigenvalue weighted by atomic mass is 32.1. The van der Waals surface area contributed by atoms with Crippen molar-refractivity contribution in [2.24, 2.45) is 17.6 Å². The number of rotatable bonds is 6. The maximum absolute atomic E-state index is 5.78. The Kier molecular flexibility index (Phi) is 3.95. The zero-order valence-corrected chi connectivity index (χ0v) is 10.9. The van der Waals surface area contributed by atoms with Crippen LogP contribution in [0.5, 0.6) is 0 Å². The van der Waals surface area contributed by atoms with Crippen molar-refractivity contribution in [1.29, 1.82) is 0 Å². The van der Waals surface area contributed by atoms with Crippen LogP contribution in [0.1, 0.15) is 43.4 Å². The maximum atomic E-state index is 5.78. The molecule has 0 spiro atoms. The molecule has 1 aliphatic rings. The van der Waals surface area contributed by atoms with Gasteiger partial charge in [-0.05, 0) is 38.1 Å². The molecule has 1 aromatic rings. The van der Waals surface area contributed by atoms with E-state index in [1.165, 1.54) is 12.8 Å². The molecule has 1 fully saturated rings. The first kappa shape index (κ1) is 12.0. The van der Waals surface area contributed by atoms with Gasteiger partial charge in [0.2, 0.25) is 0 Å². The van der Waals surface area contributed by atoms with Gasteiger partial charge in [-0.1, -0.05) is 6.92 Å². The Balaban J connectivity index is 1.71. The van der Waals surface area contributed by atoms with Crippen molar-refractivity contribution in [3.8, 4) is 0 Å². The van der Waals surface area contributed by atoms with Gasteiger partial charge in [-0.3, -0.25) is 0 Å². The molecule has 90 valence electrons. The van der Waals surface area contributed by atoms with Crippen LogP contribution in [0.3, 0.4) is 0 Å². The largest absolute Gasteiger partial charge is 0.322 e. The summed E-state index contributed by atoms with van der Waals surface area (Å²) in [6.45, 7) is 6.29. The molecule has 1 saturated carbocycles. The summed E-state index contributed by atoms with van der Waals surface area (Å²) in [5.41, 5.74) is 6.90. The molecule has 0 bridgehead atoms. The summed E-state index contributed by atoms with van der Waals surface area (Å²) < 4.78 is 0. The zero-order chi connectivity index (χ0) is 11.5. The standard InChI is InChI=1S/C12H21N3S/c1-8(10-3-4-10)5-14-6-11-7-16-12(15-11)9(2)13/h7-10,14H,3-6,13H2,1-2H3. The summed E-state index contributed by atoms with van der Waals surface area (Å²) in [4.78, 5) is 4.50. The molecule has 1 aromatic heterocycles. The topological polar surface area (TPSA) is 50.9 Å². The summed E-state index contributed by atoms with van der Waals surface area (Å²) in [6, 6.07) is 0.0594. The Morgan fingerprint density at radius 1 is 1.56 bits per heavy atom. The van der Waals surface area contributed by atoms with Crippen molar-refractivity contribution in [3.05, 3.63) is 16.1 Å². The molecular weight excluding hydrogens is 218 g/mol. The minimum atomic E-state index is 0.0594. The van der Waals surface area contributed by atoms with E-state index in [2.05, 4.69) is 22.6 Å². The molecule has 1 aliphatic carbocycles. The van der Waals surface area contributed by atoms with Crippen LogP contribution in [0.2, 0.25) is 0 Å². The first-order chi connectivity index (χ1) is 7.66. The highest BCUT2D eigenvalue weighted by molar-refractivity contribution is 7.09. The van der Waals surface area contributed by atoms with Crippen molar-refractivity contribution in [1.82, 2.24) is 10.3 Å². The van der Waals surface area contributed by atoms with Crippen LogP contribution in [0.25, 0.3) is 0 Å². The van der Waals surface area contributed by atoms with E-state index in [9.17, 15) is 0 Å². The molecule has 2 unspecified atom stereocenters. The van der Waals surface area contributed by atoms with Gasteiger partial charge in [-0.2, -0.15) is 0 Å². The SMILES string of the molecule is CC(N)c1nc(CNCC(C)C2CC2)cs1. The molecule has 0 amide bonds. The van der Waals surface area contributed by atoms with Gasteiger partial charge in [0.05, 0.1) is 11.7 Å². The predicted octanol–water partition coefficient (Wildman–Crippen LogP) is 2.30. The molecule has 3 N–H and O–H groups in total. The molecule has 4 heteroatoms. The molecular formula is C12H21N3S. The van der Waals surface area contributed by atoms with E-state index in [-0.39, 0.29) is 6.04 Å². The summed E-state index contributed by atoms with van der Waals surface area (Å²) in [6.07, 6.45) is 2.85. The third kappa shape index (κ3) is 3.27. The number of thiazole rings is 1. The molecule has 3 nitrogen and oxygen atoms in total. The van der Waals surface area contributed by atoms with Gasteiger partial charge in [0.15, 0.2) is 0 Å². The Bertz CT molecular complexity index is 331. The summed E-state index contributed by atoms with van der Waals surface area (Å²) >= 11 is 1.66. The summed E-state index contributed by atoms with van der Waals surface area (Å²) in [5, 5.41) is 6.62. The van der Waals surface area contributed by atoms with E-state index in [4.69, 9.17) is 5.73 Å². The monoisotopic (exact) mass is 239 g/mol. The van der Waals surface area contributed by atoms with Crippen molar-refractivity contribution < 1.29 is 0 Å². The van der Waals surface area contributed by atoms with Gasteiger partial charge in [-0.15, -0.1) is 11.3 Å². The second-order valence-electron chi connectivity index (χ2n) is 4.91. The first-order valence-corrected chi connectivity index (χ1v) is 6.95. The van der Waals surface area contributed by atoms with Crippen molar-refractivity contribution in [2.45, 2.75) is 39.3 Å². The van der Waals surface area contributed by atoms with Gasteiger partial charge < -0.3 is 11.1 Å². The Labute approximate surface area is 101 Å². The molecule has 2 atom stereocenters. The number of aromatic nitrogens is 1. The fourth-order valence-electron chi connectivity index (χ4n) is 1.87. The fraction of sp³-hybridized carbons (Fsp3) is 0.750. The predicted molar refractivity (Wildman–Crippen MR) is 68.3 cm³/mol. The lowest BCUT2D eigenvalue weighted by Crippen LogP contribution is -2.22. The maximum Gasteiger partial charge on any atom is 0.109 e. The van der Waals surface area contributed by atoms with E-state index < -0.39 is 0 Å². The van der Waals surface area contributed by atoms with Crippen molar-refractivity contribution >= 4 is 11.3 Å². The van der Waals surface area contributed by atoms with E-state index in [1.807, 2.05) is 6.92 Å². The Morgan fingerprint density at radius 2 is 2.31 bits per heavy atom. The van der Waals surface area contributed by atoms with Crippen LogP contribution in [-0.4, -0.2) is 11.5 Å². The lowest BCUT2D eigenvalue weighted by atomic mass is 10.1. The van der Waals surface area contributed by atoms with Crippen LogP contribution in [-0.2, 0) is 6.54 Å². The quantitative estimate of drug-likeness (QED) is 0.801. The van der Waals surface area contributed by atoms with Gasteiger partial charge >= 0.3 is 0 Å². The fourth-order valence-corrected chi connectivity index (χ4v) is 2.65. The van der Waals surface area contributed by atoms with Crippen molar-refractivity contribution in [3.63, 3.8) is 0 Å². The van der Waals surface area contributed by atoms with Crippen LogP contribution in [0.4, 0.5) is 0 Å². The van der Waals surface area contributed by atoms with E-state index in [0.717, 1.165) is 35.6 Å². The number of nitrogens with one attached hydrogen (secondary N) is 1. The molecule has 0 aromatic carbocycles. The Hall–Kier alpha value is -0.450. The van der Waals surface area contributed by atoms with Crippen LogP contribution in [0.15, 0.2) is 5.38 Å². The highest BCUT2D eigenvalue weighted by Crippen LogP contribution is 2.36. The van der Waals surface area contributed by atoms with Crippen molar-refractivity contribution in [2.75, 3.05) is 6.54 Å². The van der Waals surface area contributed by atoms with Crippen LogP contribution < -0.4 is 11.1 Å². The highest BCUT2D eigenvalue weighted by Gasteiger charge is 2.27. The second-order valence-corrected chi connectivity index (χ2v) is 5.80. The van der Waals surface area contributed by atoms with Gasteiger partial charge in [-0.25, -0.2) is 4.98 Å². The van der Waals surface area contributed by atoms with Crippen LogP contribution in [0, 0.1) is 11.8 Å². The number of hydrogen-bond donors (Lipinski definition) is 2. The van der Waals surface area contributed by atoms with Gasteiger partial charge in [0.25, 0.3) is 0 Å². The smallest absolute Gasteiger partial charge is 0.109 e. The molecule has 0 aliphatic heterocycles. The molecule has 0 radical (unpaired) electrons. The van der Waals surface area contributed by atoms with E-state index in [1.54, 1.807) is 11.3 Å². The molecule has 2 rings (SSSR count). The third-order valence-electron chi connectivity index (χ3n) is 3.16. The second kappa shape index (κ2) is 5.25. The third-order valence-corrected chi connectivity index (χ3v) is 4.25. The lowest BCUT2D eigenvalue weighted by molar-refractivity contribution is 0.460. The zero-order valence-electron chi connectivity index (χ0n) is 10.1. The number of hydrogen-bond acceptors (Lipinski definition) is 4. The number of nitrogens with two attached hydrogens (primary N) is 1. The minimum absolute atomic E-state index is 0.0594. The minimum Gasteiger partial charge on any atom is -0.322 e. The summed E-state index contributed by atoms with van der Waals surface area (Å²) in [5.74, 6) is 1.79. The van der Waals surface area contributed by atoms with Crippen LogP contribution >= 0.6 is 11.3 Å². The normalized spacial score (nSPS) is 19.7. The van der Waals surface area contributed by atoms with E-state index >= 15 is 0 Å². The number of nitrogens with zero attached hydrogens (tertiary/aromatic N) is 1. The first-order valence-electron chi connectivity index (χ1n) is 6.07.